The number of hydrogen-bond donors (Lipinski definition) is 1. The van der Waals surface area contributed by atoms with Crippen LogP contribution < -0.4 is 5.32 Å². The zero-order chi connectivity index (χ0) is 16.2. The molecule has 0 aliphatic carbocycles. The third-order valence-electron chi connectivity index (χ3n) is 4.62. The Morgan fingerprint density at radius 3 is 2.91 bits per heavy atom. The van der Waals surface area contributed by atoms with Crippen molar-refractivity contribution in [1.82, 2.24) is 15.1 Å². The first kappa shape index (κ1) is 16.3. The molecule has 0 unspecified atom stereocenters. The first-order valence-corrected chi connectivity index (χ1v) is 8.54. The van der Waals surface area contributed by atoms with Gasteiger partial charge in [0.1, 0.15) is 0 Å². The van der Waals surface area contributed by atoms with Crippen LogP contribution >= 0.6 is 11.6 Å². The average molecular weight is 336 g/mol. The molecule has 2 saturated heterocycles. The summed E-state index contributed by atoms with van der Waals surface area (Å²) >= 11 is 6.24. The van der Waals surface area contributed by atoms with Gasteiger partial charge in [0, 0.05) is 30.7 Å². The Kier molecular flexibility index (Phi) is 5.18. The molecule has 2 heterocycles. The van der Waals surface area contributed by atoms with Gasteiger partial charge in [-0.2, -0.15) is 0 Å². The number of amides is 2. The molecule has 2 aliphatic rings. The fraction of sp³-hybridized carbons (Fsp3) is 0.529. The predicted molar refractivity (Wildman–Crippen MR) is 89.3 cm³/mol. The Hall–Kier alpha value is -1.59. The van der Waals surface area contributed by atoms with Gasteiger partial charge in [0.2, 0.25) is 11.8 Å². The smallest absolute Gasteiger partial charge is 0.242 e. The fourth-order valence-corrected chi connectivity index (χ4v) is 3.57. The SMILES string of the molecule is O=C1CNCCN1CC(=O)N1CCC[C@H]1Cc1ccccc1Cl. The monoisotopic (exact) mass is 335 g/mol. The highest BCUT2D eigenvalue weighted by atomic mass is 35.5. The first-order chi connectivity index (χ1) is 11.1. The second-order valence-electron chi connectivity index (χ2n) is 6.17. The molecule has 0 spiro atoms. The normalized spacial score (nSPS) is 21.8. The van der Waals surface area contributed by atoms with Crippen molar-refractivity contribution in [3.63, 3.8) is 0 Å². The van der Waals surface area contributed by atoms with E-state index in [2.05, 4.69) is 5.32 Å². The molecule has 2 amide bonds. The van der Waals surface area contributed by atoms with Gasteiger partial charge < -0.3 is 15.1 Å². The average Bonchev–Trinajstić information content (AvgIpc) is 3.00. The molecule has 6 heteroatoms. The summed E-state index contributed by atoms with van der Waals surface area (Å²) in [5.74, 6) is 0.0567. The quantitative estimate of drug-likeness (QED) is 0.902. The third kappa shape index (κ3) is 3.85. The third-order valence-corrected chi connectivity index (χ3v) is 4.99. The van der Waals surface area contributed by atoms with E-state index in [1.165, 1.54) is 0 Å². The molecular weight excluding hydrogens is 314 g/mol. The summed E-state index contributed by atoms with van der Waals surface area (Å²) < 4.78 is 0. The number of nitrogens with one attached hydrogen (secondary N) is 1. The van der Waals surface area contributed by atoms with Crippen molar-refractivity contribution in [1.29, 1.82) is 0 Å². The van der Waals surface area contributed by atoms with E-state index in [1.807, 2.05) is 29.2 Å². The van der Waals surface area contributed by atoms with Crippen LogP contribution in [0.2, 0.25) is 5.02 Å². The van der Waals surface area contributed by atoms with Gasteiger partial charge in [-0.3, -0.25) is 9.59 Å². The van der Waals surface area contributed by atoms with E-state index in [0.29, 0.717) is 13.1 Å². The lowest BCUT2D eigenvalue weighted by Gasteiger charge is -2.31. The largest absolute Gasteiger partial charge is 0.338 e. The Morgan fingerprint density at radius 2 is 2.13 bits per heavy atom. The van der Waals surface area contributed by atoms with Gasteiger partial charge in [-0.1, -0.05) is 29.8 Å². The second-order valence-corrected chi connectivity index (χ2v) is 6.58. The zero-order valence-corrected chi connectivity index (χ0v) is 13.9. The number of nitrogens with zero attached hydrogens (tertiary/aromatic N) is 2. The predicted octanol–water partition coefficient (Wildman–Crippen LogP) is 1.31. The van der Waals surface area contributed by atoms with E-state index in [4.69, 9.17) is 11.6 Å². The summed E-state index contributed by atoms with van der Waals surface area (Å²) in [5.41, 5.74) is 1.08. The molecule has 3 rings (SSSR count). The molecule has 23 heavy (non-hydrogen) atoms. The number of benzene rings is 1. The molecule has 1 aromatic rings. The number of piperazine rings is 1. The van der Waals surface area contributed by atoms with Crippen molar-refractivity contribution in [2.75, 3.05) is 32.7 Å². The van der Waals surface area contributed by atoms with Crippen molar-refractivity contribution in [2.24, 2.45) is 0 Å². The van der Waals surface area contributed by atoms with E-state index in [-0.39, 0.29) is 24.4 Å². The number of carbonyl (C=O) groups excluding carboxylic acids is 2. The van der Waals surface area contributed by atoms with Crippen LogP contribution in [0, 0.1) is 0 Å². The van der Waals surface area contributed by atoms with Crippen LogP contribution in [0.15, 0.2) is 24.3 Å². The molecule has 0 aromatic heterocycles. The molecule has 124 valence electrons. The molecule has 1 aromatic carbocycles. The Bertz CT molecular complexity index is 593. The van der Waals surface area contributed by atoms with Gasteiger partial charge in [-0.25, -0.2) is 0 Å². The molecule has 2 fully saturated rings. The van der Waals surface area contributed by atoms with Crippen LogP contribution in [-0.4, -0.2) is 60.4 Å². The molecule has 1 N–H and O–H groups in total. The van der Waals surface area contributed by atoms with Crippen LogP contribution in [0.1, 0.15) is 18.4 Å². The van der Waals surface area contributed by atoms with Crippen molar-refractivity contribution < 1.29 is 9.59 Å². The highest BCUT2D eigenvalue weighted by Crippen LogP contribution is 2.25. The summed E-state index contributed by atoms with van der Waals surface area (Å²) in [7, 11) is 0. The lowest BCUT2D eigenvalue weighted by molar-refractivity contribution is -0.141. The maximum Gasteiger partial charge on any atom is 0.242 e. The summed E-state index contributed by atoms with van der Waals surface area (Å²) in [6.07, 6.45) is 2.78. The van der Waals surface area contributed by atoms with Crippen LogP contribution in [0.25, 0.3) is 0 Å². The Labute approximate surface area is 141 Å². The highest BCUT2D eigenvalue weighted by molar-refractivity contribution is 6.31. The van der Waals surface area contributed by atoms with Gasteiger partial charge in [0.25, 0.3) is 0 Å². The molecule has 1 atom stereocenters. The van der Waals surface area contributed by atoms with Gasteiger partial charge in [-0.05, 0) is 30.9 Å². The van der Waals surface area contributed by atoms with E-state index < -0.39 is 0 Å². The Morgan fingerprint density at radius 1 is 1.30 bits per heavy atom. The molecular formula is C17H22ClN3O2. The fourth-order valence-electron chi connectivity index (χ4n) is 3.36. The van der Waals surface area contributed by atoms with Gasteiger partial charge in [0.05, 0.1) is 13.1 Å². The van der Waals surface area contributed by atoms with Gasteiger partial charge >= 0.3 is 0 Å². The number of halogens is 1. The van der Waals surface area contributed by atoms with E-state index in [0.717, 1.165) is 42.9 Å². The van der Waals surface area contributed by atoms with Crippen molar-refractivity contribution in [3.8, 4) is 0 Å². The standard InChI is InChI=1S/C17H22ClN3O2/c18-15-6-2-1-4-13(15)10-14-5-3-8-21(14)17(23)12-20-9-7-19-11-16(20)22/h1-2,4,6,14,19H,3,5,7-12H2/t14-/m0/s1. The van der Waals surface area contributed by atoms with E-state index in [9.17, 15) is 9.59 Å². The number of rotatable bonds is 4. The molecule has 2 aliphatic heterocycles. The van der Waals surface area contributed by atoms with Crippen LogP contribution in [0.4, 0.5) is 0 Å². The van der Waals surface area contributed by atoms with Crippen molar-refractivity contribution in [3.05, 3.63) is 34.9 Å². The molecule has 0 bridgehead atoms. The highest BCUT2D eigenvalue weighted by Gasteiger charge is 2.31. The second kappa shape index (κ2) is 7.32. The van der Waals surface area contributed by atoms with Crippen LogP contribution in [-0.2, 0) is 16.0 Å². The minimum Gasteiger partial charge on any atom is -0.338 e. The van der Waals surface area contributed by atoms with Gasteiger partial charge in [0.15, 0.2) is 0 Å². The van der Waals surface area contributed by atoms with E-state index in [1.54, 1.807) is 4.90 Å². The molecule has 5 nitrogen and oxygen atoms in total. The summed E-state index contributed by atoms with van der Waals surface area (Å²) in [5, 5.41) is 3.78. The lowest BCUT2D eigenvalue weighted by Crippen LogP contribution is -2.52. The van der Waals surface area contributed by atoms with Crippen molar-refractivity contribution in [2.45, 2.75) is 25.3 Å². The number of likely N-dealkylation sites (tertiary alicyclic amines) is 1. The lowest BCUT2D eigenvalue weighted by atomic mass is 10.0. The zero-order valence-electron chi connectivity index (χ0n) is 13.1. The topological polar surface area (TPSA) is 52.7 Å². The summed E-state index contributed by atoms with van der Waals surface area (Å²) in [4.78, 5) is 28.0. The molecule has 0 saturated carbocycles. The molecule has 0 radical (unpaired) electrons. The summed E-state index contributed by atoms with van der Waals surface area (Å²) in [6.45, 7) is 2.65. The number of carbonyl (C=O) groups is 2. The maximum absolute atomic E-state index is 12.6. The van der Waals surface area contributed by atoms with Crippen molar-refractivity contribution >= 4 is 23.4 Å². The minimum atomic E-state index is 0.00597. The summed E-state index contributed by atoms with van der Waals surface area (Å²) in [6, 6.07) is 7.97. The minimum absolute atomic E-state index is 0.00597. The first-order valence-electron chi connectivity index (χ1n) is 8.16. The Balaban J connectivity index is 1.63. The number of hydrogen-bond acceptors (Lipinski definition) is 3. The van der Waals surface area contributed by atoms with Crippen LogP contribution in [0.3, 0.4) is 0 Å². The van der Waals surface area contributed by atoms with E-state index >= 15 is 0 Å². The van der Waals surface area contributed by atoms with Crippen LogP contribution in [0.5, 0.6) is 0 Å². The van der Waals surface area contributed by atoms with Gasteiger partial charge in [-0.15, -0.1) is 0 Å². The maximum atomic E-state index is 12.6.